The Balaban J connectivity index is 1.71. The number of hydrogen-bond acceptors (Lipinski definition) is 1. The van der Waals surface area contributed by atoms with Crippen LogP contribution in [0.3, 0.4) is 0 Å². The summed E-state index contributed by atoms with van der Waals surface area (Å²) >= 11 is 0. The molecular weight excluding hydrogens is 310 g/mol. The minimum atomic E-state index is -0.282. The van der Waals surface area contributed by atoms with Crippen LogP contribution in [0.1, 0.15) is 0 Å². The Bertz CT molecular complexity index is 1010. The summed E-state index contributed by atoms with van der Waals surface area (Å²) in [4.78, 5) is 15.7. The van der Waals surface area contributed by atoms with Gasteiger partial charge in [0.25, 0.3) is 0 Å². The van der Waals surface area contributed by atoms with E-state index in [1.807, 2.05) is 78.9 Å². The van der Waals surface area contributed by atoms with Crippen molar-refractivity contribution < 1.29 is 4.79 Å². The predicted octanol–water partition coefficient (Wildman–Crippen LogP) is 5.48. The van der Waals surface area contributed by atoms with Crippen LogP contribution < -0.4 is 10.6 Å². The van der Waals surface area contributed by atoms with Crippen molar-refractivity contribution in [3.05, 3.63) is 84.9 Å². The van der Waals surface area contributed by atoms with E-state index in [0.717, 1.165) is 27.7 Å². The molecule has 4 rings (SSSR count). The first-order chi connectivity index (χ1) is 12.3. The van der Waals surface area contributed by atoms with Gasteiger partial charge in [0.15, 0.2) is 0 Å². The van der Waals surface area contributed by atoms with Gasteiger partial charge >= 0.3 is 6.03 Å². The number of H-pyrrole nitrogens is 1. The molecule has 0 atom stereocenters. The third-order valence-electron chi connectivity index (χ3n) is 4.04. The summed E-state index contributed by atoms with van der Waals surface area (Å²) in [7, 11) is 0. The standard InChI is InChI=1S/C21H17N3O/c25-21(22-16-11-5-2-6-12-16)24-20-19(15-9-3-1-4-10-15)17-13-7-8-14-18(17)23-20/h1-14,23H,(H2,22,24,25). The molecule has 4 nitrogen and oxygen atoms in total. The topological polar surface area (TPSA) is 56.9 Å². The molecule has 0 aliphatic heterocycles. The van der Waals surface area contributed by atoms with Gasteiger partial charge in [0.05, 0.1) is 0 Å². The van der Waals surface area contributed by atoms with E-state index in [9.17, 15) is 4.79 Å². The summed E-state index contributed by atoms with van der Waals surface area (Å²) in [5, 5.41) is 6.86. The highest BCUT2D eigenvalue weighted by Gasteiger charge is 2.15. The second kappa shape index (κ2) is 6.53. The first kappa shape index (κ1) is 15.0. The van der Waals surface area contributed by atoms with Crippen LogP contribution in [0.5, 0.6) is 0 Å². The first-order valence-electron chi connectivity index (χ1n) is 8.10. The fraction of sp³-hybridized carbons (Fsp3) is 0. The number of fused-ring (bicyclic) bond motifs is 1. The number of para-hydroxylation sites is 2. The minimum Gasteiger partial charge on any atom is -0.341 e. The molecule has 0 aliphatic rings. The fourth-order valence-electron chi connectivity index (χ4n) is 2.94. The van der Waals surface area contributed by atoms with E-state index >= 15 is 0 Å². The number of nitrogens with one attached hydrogen (secondary N) is 3. The number of carbonyl (C=O) groups is 1. The molecule has 4 heteroatoms. The van der Waals surface area contributed by atoms with Crippen LogP contribution in [0.25, 0.3) is 22.0 Å². The van der Waals surface area contributed by atoms with Gasteiger partial charge in [0, 0.05) is 22.2 Å². The smallest absolute Gasteiger partial charge is 0.324 e. The van der Waals surface area contributed by atoms with E-state index in [-0.39, 0.29) is 6.03 Å². The highest BCUT2D eigenvalue weighted by atomic mass is 16.2. The maximum Gasteiger partial charge on any atom is 0.324 e. The number of urea groups is 1. The summed E-state index contributed by atoms with van der Waals surface area (Å²) in [6, 6.07) is 27.2. The van der Waals surface area contributed by atoms with Crippen molar-refractivity contribution in [1.29, 1.82) is 0 Å². The van der Waals surface area contributed by atoms with Crippen LogP contribution in [0.2, 0.25) is 0 Å². The Hall–Kier alpha value is -3.53. The SMILES string of the molecule is O=C(Nc1ccccc1)Nc1[nH]c2ccccc2c1-c1ccccc1. The zero-order valence-electron chi connectivity index (χ0n) is 13.5. The van der Waals surface area contributed by atoms with Crippen LogP contribution in [0.15, 0.2) is 84.9 Å². The highest BCUT2D eigenvalue weighted by molar-refractivity contribution is 6.08. The van der Waals surface area contributed by atoms with E-state index < -0.39 is 0 Å². The Morgan fingerprint density at radius 2 is 1.36 bits per heavy atom. The second-order valence-electron chi connectivity index (χ2n) is 5.73. The van der Waals surface area contributed by atoms with Gasteiger partial charge in [0.2, 0.25) is 0 Å². The molecule has 0 bridgehead atoms. The molecule has 4 aromatic rings. The van der Waals surface area contributed by atoms with Gasteiger partial charge in [-0.15, -0.1) is 0 Å². The molecule has 25 heavy (non-hydrogen) atoms. The fourth-order valence-corrected chi connectivity index (χ4v) is 2.94. The molecule has 1 heterocycles. The van der Waals surface area contributed by atoms with Gasteiger partial charge in [-0.1, -0.05) is 66.7 Å². The van der Waals surface area contributed by atoms with E-state index in [1.165, 1.54) is 0 Å². The number of amides is 2. The number of anilines is 2. The summed E-state index contributed by atoms with van der Waals surface area (Å²) < 4.78 is 0. The third-order valence-corrected chi connectivity index (χ3v) is 4.04. The van der Waals surface area contributed by atoms with Gasteiger partial charge in [-0.25, -0.2) is 4.79 Å². The summed E-state index contributed by atoms with van der Waals surface area (Å²) in [6.07, 6.45) is 0. The lowest BCUT2D eigenvalue weighted by Crippen LogP contribution is -2.19. The molecule has 3 N–H and O–H groups in total. The highest BCUT2D eigenvalue weighted by Crippen LogP contribution is 2.35. The van der Waals surface area contributed by atoms with E-state index in [2.05, 4.69) is 21.7 Å². The van der Waals surface area contributed by atoms with Crippen LogP contribution >= 0.6 is 0 Å². The molecule has 0 fully saturated rings. The number of carbonyl (C=O) groups excluding carboxylic acids is 1. The van der Waals surface area contributed by atoms with Crippen molar-refractivity contribution in [2.45, 2.75) is 0 Å². The average Bonchev–Trinajstić information content (AvgIpc) is 3.01. The zero-order chi connectivity index (χ0) is 17.1. The van der Waals surface area contributed by atoms with Crippen molar-refractivity contribution >= 4 is 28.4 Å². The maximum atomic E-state index is 12.4. The Kier molecular flexibility index (Phi) is 3.92. The third kappa shape index (κ3) is 3.10. The zero-order valence-corrected chi connectivity index (χ0v) is 13.5. The summed E-state index contributed by atoms with van der Waals surface area (Å²) in [6.45, 7) is 0. The molecule has 122 valence electrons. The van der Waals surface area contributed by atoms with Crippen LogP contribution in [-0.2, 0) is 0 Å². The normalized spacial score (nSPS) is 10.6. The Labute approximate surface area is 145 Å². The van der Waals surface area contributed by atoms with E-state index in [4.69, 9.17) is 0 Å². The molecule has 3 aromatic carbocycles. The van der Waals surface area contributed by atoms with E-state index in [0.29, 0.717) is 5.82 Å². The monoisotopic (exact) mass is 327 g/mol. The molecular formula is C21H17N3O. The largest absolute Gasteiger partial charge is 0.341 e. The molecule has 1 aromatic heterocycles. The lowest BCUT2D eigenvalue weighted by molar-refractivity contribution is 0.262. The van der Waals surface area contributed by atoms with Gasteiger partial charge in [-0.05, 0) is 23.8 Å². The molecule has 0 radical (unpaired) electrons. The van der Waals surface area contributed by atoms with Gasteiger partial charge in [-0.3, -0.25) is 5.32 Å². The van der Waals surface area contributed by atoms with Crippen molar-refractivity contribution in [1.82, 2.24) is 4.98 Å². The van der Waals surface area contributed by atoms with Gasteiger partial charge in [-0.2, -0.15) is 0 Å². The molecule has 0 saturated carbocycles. The second-order valence-corrected chi connectivity index (χ2v) is 5.73. The van der Waals surface area contributed by atoms with Crippen molar-refractivity contribution in [2.75, 3.05) is 10.6 Å². The lowest BCUT2D eigenvalue weighted by atomic mass is 10.0. The minimum absolute atomic E-state index is 0.282. The van der Waals surface area contributed by atoms with Gasteiger partial charge < -0.3 is 10.3 Å². The lowest BCUT2D eigenvalue weighted by Gasteiger charge is -2.09. The Morgan fingerprint density at radius 1 is 0.720 bits per heavy atom. The van der Waals surface area contributed by atoms with Crippen LogP contribution in [0.4, 0.5) is 16.3 Å². The van der Waals surface area contributed by atoms with Crippen molar-refractivity contribution in [2.24, 2.45) is 0 Å². The molecule has 2 amide bonds. The summed E-state index contributed by atoms with van der Waals surface area (Å²) in [5.74, 6) is 0.681. The number of benzene rings is 3. The van der Waals surface area contributed by atoms with Crippen LogP contribution in [-0.4, -0.2) is 11.0 Å². The predicted molar refractivity (Wildman–Crippen MR) is 103 cm³/mol. The number of aromatic amines is 1. The first-order valence-corrected chi connectivity index (χ1v) is 8.10. The van der Waals surface area contributed by atoms with E-state index in [1.54, 1.807) is 0 Å². The molecule has 0 unspecified atom stereocenters. The molecule has 0 spiro atoms. The average molecular weight is 327 g/mol. The number of rotatable bonds is 3. The summed E-state index contributed by atoms with van der Waals surface area (Å²) in [5.41, 5.74) is 3.77. The van der Waals surface area contributed by atoms with Crippen LogP contribution in [0, 0.1) is 0 Å². The maximum absolute atomic E-state index is 12.4. The molecule has 0 saturated heterocycles. The Morgan fingerprint density at radius 3 is 2.12 bits per heavy atom. The number of hydrogen-bond donors (Lipinski definition) is 3. The quantitative estimate of drug-likeness (QED) is 0.458. The van der Waals surface area contributed by atoms with Crippen molar-refractivity contribution in [3.63, 3.8) is 0 Å². The van der Waals surface area contributed by atoms with Gasteiger partial charge in [0.1, 0.15) is 5.82 Å². The molecule has 0 aliphatic carbocycles. The number of aromatic nitrogens is 1. The van der Waals surface area contributed by atoms with Crippen molar-refractivity contribution in [3.8, 4) is 11.1 Å².